The maximum absolute atomic E-state index is 15.8. The predicted molar refractivity (Wildman–Crippen MR) is 189 cm³/mol. The van der Waals surface area contributed by atoms with Crippen LogP contribution in [0.15, 0.2) is 65.9 Å². The van der Waals surface area contributed by atoms with Crippen molar-refractivity contribution in [3.05, 3.63) is 100 Å². The lowest BCUT2D eigenvalue weighted by Crippen LogP contribution is -2.40. The number of aliphatic imine (C=N–C) groups is 1. The molecule has 0 amide bonds. The van der Waals surface area contributed by atoms with Crippen LogP contribution in [0.1, 0.15) is 90.9 Å². The number of hydrogen-bond acceptors (Lipinski definition) is 8. The van der Waals surface area contributed by atoms with Crippen LogP contribution in [0.25, 0.3) is 10.9 Å². The Labute approximate surface area is 286 Å². The number of hydrogen-bond donors (Lipinski definition) is 4. The fourth-order valence-corrected chi connectivity index (χ4v) is 8.85. The average molecular weight is 690 g/mol. The van der Waals surface area contributed by atoms with E-state index in [1.165, 1.54) is 18.3 Å². The average Bonchev–Trinajstić information content (AvgIpc) is 3.52. The van der Waals surface area contributed by atoms with Gasteiger partial charge in [0.2, 0.25) is 0 Å². The van der Waals surface area contributed by atoms with E-state index in [1.54, 1.807) is 25.4 Å². The summed E-state index contributed by atoms with van der Waals surface area (Å²) in [5.74, 6) is -2.26. The Bertz CT molecular complexity index is 2020. The third-order valence-corrected chi connectivity index (χ3v) is 11.6. The van der Waals surface area contributed by atoms with E-state index in [-0.39, 0.29) is 35.5 Å². The zero-order valence-electron chi connectivity index (χ0n) is 28.3. The van der Waals surface area contributed by atoms with Crippen LogP contribution in [-0.2, 0) is 32.9 Å². The molecule has 12 heteroatoms. The van der Waals surface area contributed by atoms with Gasteiger partial charge in [-0.25, -0.2) is 17.8 Å². The van der Waals surface area contributed by atoms with Gasteiger partial charge in [0.1, 0.15) is 17.8 Å². The third kappa shape index (κ3) is 8.08. The molecule has 5 rings (SSSR count). The standard InChI is InChI=1S/C37H44FN5O5S/c1-36(2)14-6-15-37(3,25-8-5-7-23(19-25)9-10-31(44)45)35(39)43-34(40-4)30-20-24(11-16-42-30)33(46)32-27(13-18-49(47,48)22-36)26-12-17-41-29(26)21-28(32)38/h5,7-8,11-12,16-17,19-21,34,40-41H,6,9-10,13-15,18,22H2,1-4H3,(H2,39,43)(H,44,45)/t34?,37-/m1/s1. The zero-order valence-corrected chi connectivity index (χ0v) is 29.2. The summed E-state index contributed by atoms with van der Waals surface area (Å²) >= 11 is 0. The van der Waals surface area contributed by atoms with Crippen LogP contribution in [0, 0.1) is 11.2 Å². The van der Waals surface area contributed by atoms with Crippen LogP contribution < -0.4 is 11.1 Å². The number of aromatic nitrogens is 2. The first-order chi connectivity index (χ1) is 23.1. The van der Waals surface area contributed by atoms with Crippen LogP contribution in [0.4, 0.5) is 4.39 Å². The van der Waals surface area contributed by atoms with Crippen LogP contribution >= 0.6 is 0 Å². The van der Waals surface area contributed by atoms with Gasteiger partial charge in [0.05, 0.1) is 22.8 Å². The fourth-order valence-electron chi connectivity index (χ4n) is 6.85. The molecule has 0 radical (unpaired) electrons. The van der Waals surface area contributed by atoms with E-state index in [2.05, 4.69) is 15.3 Å². The number of carbonyl (C=O) groups excluding carboxylic acids is 1. The highest BCUT2D eigenvalue weighted by Gasteiger charge is 2.35. The number of benzene rings is 2. The van der Waals surface area contributed by atoms with Gasteiger partial charge in [-0.1, -0.05) is 44.5 Å². The molecule has 2 aromatic carbocycles. The second-order valence-electron chi connectivity index (χ2n) is 13.9. The predicted octanol–water partition coefficient (Wildman–Crippen LogP) is 5.65. The first kappa shape index (κ1) is 35.9. The number of nitrogens with two attached hydrogens (primary N) is 1. The van der Waals surface area contributed by atoms with Gasteiger partial charge in [0.25, 0.3) is 0 Å². The largest absolute Gasteiger partial charge is 0.481 e. The Balaban J connectivity index is 1.65. The van der Waals surface area contributed by atoms with Crippen LogP contribution in [0.3, 0.4) is 0 Å². The lowest BCUT2D eigenvalue weighted by Gasteiger charge is -2.33. The summed E-state index contributed by atoms with van der Waals surface area (Å²) in [6, 6.07) is 13.7. The highest BCUT2D eigenvalue weighted by Crippen LogP contribution is 2.36. The molecule has 2 atom stereocenters. The molecule has 10 nitrogen and oxygen atoms in total. The molecule has 2 bridgehead atoms. The lowest BCUT2D eigenvalue weighted by atomic mass is 9.75. The number of nitrogens with one attached hydrogen (secondary N) is 2. The van der Waals surface area contributed by atoms with Crippen LogP contribution in [0.2, 0.25) is 0 Å². The van der Waals surface area contributed by atoms with Gasteiger partial charge in [0, 0.05) is 40.7 Å². The highest BCUT2D eigenvalue weighted by molar-refractivity contribution is 7.91. The summed E-state index contributed by atoms with van der Waals surface area (Å²) < 4.78 is 43.0. The molecule has 1 unspecified atom stereocenters. The van der Waals surface area contributed by atoms with Gasteiger partial charge in [0.15, 0.2) is 15.6 Å². The molecule has 5 N–H and O–H groups in total. The van der Waals surface area contributed by atoms with Gasteiger partial charge in [-0.3, -0.25) is 19.9 Å². The van der Waals surface area contributed by atoms with Gasteiger partial charge in [-0.2, -0.15) is 0 Å². The number of carbonyl (C=O) groups is 2. The summed E-state index contributed by atoms with van der Waals surface area (Å²) in [5.41, 5.74) is 8.39. The number of carboxylic acids is 1. The first-order valence-electron chi connectivity index (χ1n) is 16.4. The van der Waals surface area contributed by atoms with E-state index in [1.807, 2.05) is 45.0 Å². The van der Waals surface area contributed by atoms with Crippen molar-refractivity contribution in [1.82, 2.24) is 15.3 Å². The SMILES string of the molecule is CNC1N=C(N)[C@@](C)(c2cccc(CCC(=O)O)c2)CCCC(C)(C)CS(=O)(=O)CCc2c(c(F)cc3[nH]ccc23)C(=O)c2ccnc1c2. The molecule has 49 heavy (non-hydrogen) atoms. The van der Waals surface area contributed by atoms with E-state index in [4.69, 9.17) is 10.7 Å². The minimum Gasteiger partial charge on any atom is -0.481 e. The van der Waals surface area contributed by atoms with Gasteiger partial charge in [-0.15, -0.1) is 0 Å². The molecule has 4 aromatic rings. The number of carboxylic acid groups (broad SMARTS) is 1. The summed E-state index contributed by atoms with van der Waals surface area (Å²) in [6.45, 7) is 5.81. The second kappa shape index (κ2) is 14.2. The molecule has 0 aliphatic carbocycles. The number of pyridine rings is 1. The molecule has 1 aliphatic rings. The molecule has 0 saturated heterocycles. The van der Waals surface area contributed by atoms with E-state index < -0.39 is 44.4 Å². The highest BCUT2D eigenvalue weighted by atomic mass is 32.2. The molecular weight excluding hydrogens is 646 g/mol. The minimum atomic E-state index is -3.63. The molecule has 0 spiro atoms. The number of amidine groups is 1. The van der Waals surface area contributed by atoms with Crippen molar-refractivity contribution in [3.63, 3.8) is 0 Å². The van der Waals surface area contributed by atoms with E-state index in [9.17, 15) is 23.1 Å². The van der Waals surface area contributed by atoms with Gasteiger partial charge < -0.3 is 15.8 Å². The topological polar surface area (TPSA) is 168 Å². The molecule has 2 aromatic heterocycles. The van der Waals surface area contributed by atoms with Gasteiger partial charge in [-0.05, 0) is 86.0 Å². The first-order valence-corrected chi connectivity index (χ1v) is 18.3. The van der Waals surface area contributed by atoms with E-state index in [0.29, 0.717) is 53.7 Å². The number of fused-ring (bicyclic) bond motifs is 5. The van der Waals surface area contributed by atoms with Crippen molar-refractivity contribution in [2.75, 3.05) is 18.6 Å². The normalized spacial score (nSPS) is 21.7. The van der Waals surface area contributed by atoms with Crippen molar-refractivity contribution in [1.29, 1.82) is 0 Å². The number of sulfone groups is 1. The fraction of sp³-hybridized carbons (Fsp3) is 0.405. The maximum Gasteiger partial charge on any atom is 0.303 e. The summed E-state index contributed by atoms with van der Waals surface area (Å²) in [6.07, 6.45) is 4.39. The quantitative estimate of drug-likeness (QED) is 0.209. The van der Waals surface area contributed by atoms with Crippen LogP contribution in [-0.4, -0.2) is 59.6 Å². The summed E-state index contributed by atoms with van der Waals surface area (Å²) in [5, 5.41) is 13.0. The number of aryl methyl sites for hydroxylation is 2. The lowest BCUT2D eigenvalue weighted by molar-refractivity contribution is -0.136. The summed E-state index contributed by atoms with van der Waals surface area (Å²) in [4.78, 5) is 37.7. The number of rotatable bonds is 5. The Morgan fingerprint density at radius 3 is 2.65 bits per heavy atom. The smallest absolute Gasteiger partial charge is 0.303 e. The molecule has 1 aliphatic heterocycles. The van der Waals surface area contributed by atoms with E-state index in [0.717, 1.165) is 11.1 Å². The third-order valence-electron chi connectivity index (χ3n) is 9.57. The number of H-pyrrole nitrogens is 1. The molecule has 260 valence electrons. The Morgan fingerprint density at radius 1 is 1.14 bits per heavy atom. The number of aliphatic carboxylic acids is 1. The van der Waals surface area contributed by atoms with Crippen LogP contribution in [0.5, 0.6) is 0 Å². The van der Waals surface area contributed by atoms with Crippen molar-refractivity contribution in [2.24, 2.45) is 16.1 Å². The minimum absolute atomic E-state index is 0.0145. The Morgan fingerprint density at radius 2 is 1.92 bits per heavy atom. The van der Waals surface area contributed by atoms with E-state index >= 15 is 4.39 Å². The number of halogens is 1. The van der Waals surface area contributed by atoms with Crippen molar-refractivity contribution < 1.29 is 27.5 Å². The molecular formula is C37H44FN5O5S. The van der Waals surface area contributed by atoms with Gasteiger partial charge >= 0.3 is 5.97 Å². The monoisotopic (exact) mass is 689 g/mol. The number of nitrogens with zero attached hydrogens (tertiary/aromatic N) is 2. The van der Waals surface area contributed by atoms with Crippen molar-refractivity contribution in [3.8, 4) is 0 Å². The maximum atomic E-state index is 15.8. The van der Waals surface area contributed by atoms with Crippen molar-refractivity contribution in [2.45, 2.75) is 70.9 Å². The summed E-state index contributed by atoms with van der Waals surface area (Å²) in [7, 11) is -1.92. The number of aromatic amines is 1. The Kier molecular flexibility index (Phi) is 10.4. The molecule has 0 fully saturated rings. The second-order valence-corrected chi connectivity index (χ2v) is 16.1. The number of ketones is 1. The zero-order chi connectivity index (χ0) is 35.6. The van der Waals surface area contributed by atoms with Crippen molar-refractivity contribution >= 4 is 38.3 Å². The Hall–Kier alpha value is -4.42. The molecule has 3 heterocycles. The molecule has 0 saturated carbocycles.